The fourth-order valence-corrected chi connectivity index (χ4v) is 2.87. The SMILES string of the molecule is Cc1ccc2c(c1)C(=O)N(CCCC(=O)NNC(=O)c1ccc(F)cc1)C2=O. The number of hydrogen-bond acceptors (Lipinski definition) is 4. The van der Waals surface area contributed by atoms with Crippen molar-refractivity contribution in [1.29, 1.82) is 0 Å². The van der Waals surface area contributed by atoms with E-state index >= 15 is 0 Å². The first-order valence-corrected chi connectivity index (χ1v) is 8.68. The van der Waals surface area contributed by atoms with Crippen molar-refractivity contribution < 1.29 is 23.6 Å². The molecule has 2 aromatic rings. The molecule has 0 unspecified atom stereocenters. The van der Waals surface area contributed by atoms with Crippen molar-refractivity contribution in [3.63, 3.8) is 0 Å². The van der Waals surface area contributed by atoms with Crippen LogP contribution in [0.5, 0.6) is 0 Å². The number of hydrogen-bond donors (Lipinski definition) is 2. The molecule has 0 radical (unpaired) electrons. The highest BCUT2D eigenvalue weighted by atomic mass is 19.1. The molecule has 2 N–H and O–H groups in total. The normalized spacial score (nSPS) is 12.7. The molecular formula is C20H18FN3O4. The number of halogens is 1. The molecule has 0 spiro atoms. The second-order valence-corrected chi connectivity index (χ2v) is 6.42. The van der Waals surface area contributed by atoms with E-state index in [0.717, 1.165) is 22.6 Å². The van der Waals surface area contributed by atoms with Crippen LogP contribution < -0.4 is 10.9 Å². The highest BCUT2D eigenvalue weighted by molar-refractivity contribution is 6.21. The van der Waals surface area contributed by atoms with Gasteiger partial charge in [0.05, 0.1) is 11.1 Å². The Morgan fingerprint density at radius 2 is 1.64 bits per heavy atom. The van der Waals surface area contributed by atoms with Crippen LogP contribution in [-0.4, -0.2) is 35.1 Å². The number of nitrogens with zero attached hydrogens (tertiary/aromatic N) is 1. The molecule has 3 rings (SSSR count). The minimum absolute atomic E-state index is 0.0101. The van der Waals surface area contributed by atoms with Gasteiger partial charge in [0, 0.05) is 18.5 Å². The molecule has 1 aliphatic heterocycles. The highest BCUT2D eigenvalue weighted by Crippen LogP contribution is 2.24. The predicted octanol–water partition coefficient (Wildman–Crippen LogP) is 1.97. The summed E-state index contributed by atoms with van der Waals surface area (Å²) in [7, 11) is 0. The molecule has 0 aromatic heterocycles. The number of carbonyl (C=O) groups is 4. The number of nitrogens with one attached hydrogen (secondary N) is 2. The van der Waals surface area contributed by atoms with Crippen LogP contribution in [0.15, 0.2) is 42.5 Å². The van der Waals surface area contributed by atoms with Gasteiger partial charge in [-0.05, 0) is 49.7 Å². The van der Waals surface area contributed by atoms with Crippen molar-refractivity contribution in [3.05, 3.63) is 70.5 Å². The number of fused-ring (bicyclic) bond motifs is 1. The number of carbonyl (C=O) groups excluding carboxylic acids is 4. The van der Waals surface area contributed by atoms with Crippen molar-refractivity contribution in [2.24, 2.45) is 0 Å². The van der Waals surface area contributed by atoms with E-state index in [9.17, 15) is 23.6 Å². The molecule has 0 saturated carbocycles. The first kappa shape index (κ1) is 19.2. The van der Waals surface area contributed by atoms with Gasteiger partial charge < -0.3 is 0 Å². The summed E-state index contributed by atoms with van der Waals surface area (Å²) < 4.78 is 12.8. The van der Waals surface area contributed by atoms with Crippen LogP contribution in [0.2, 0.25) is 0 Å². The maximum absolute atomic E-state index is 12.8. The van der Waals surface area contributed by atoms with E-state index in [0.29, 0.717) is 11.1 Å². The molecule has 1 aliphatic rings. The predicted molar refractivity (Wildman–Crippen MR) is 97.8 cm³/mol. The maximum Gasteiger partial charge on any atom is 0.269 e. The van der Waals surface area contributed by atoms with E-state index in [1.807, 2.05) is 6.92 Å². The fourth-order valence-electron chi connectivity index (χ4n) is 2.87. The Labute approximate surface area is 160 Å². The first-order valence-electron chi connectivity index (χ1n) is 8.68. The van der Waals surface area contributed by atoms with Gasteiger partial charge in [-0.2, -0.15) is 0 Å². The Morgan fingerprint density at radius 3 is 2.36 bits per heavy atom. The van der Waals surface area contributed by atoms with Gasteiger partial charge in [-0.3, -0.25) is 34.9 Å². The summed E-state index contributed by atoms with van der Waals surface area (Å²) in [5, 5.41) is 0. The van der Waals surface area contributed by atoms with E-state index in [1.54, 1.807) is 18.2 Å². The van der Waals surface area contributed by atoms with Gasteiger partial charge in [-0.25, -0.2) is 4.39 Å². The van der Waals surface area contributed by atoms with Gasteiger partial charge in [0.25, 0.3) is 17.7 Å². The summed E-state index contributed by atoms with van der Waals surface area (Å²) in [6.45, 7) is 1.94. The molecule has 1 heterocycles. The van der Waals surface area contributed by atoms with Crippen LogP contribution >= 0.6 is 0 Å². The maximum atomic E-state index is 12.8. The number of imide groups is 1. The minimum Gasteiger partial charge on any atom is -0.274 e. The smallest absolute Gasteiger partial charge is 0.269 e. The van der Waals surface area contributed by atoms with Crippen LogP contribution in [0, 0.1) is 12.7 Å². The zero-order valence-electron chi connectivity index (χ0n) is 15.1. The third-order valence-electron chi connectivity index (χ3n) is 4.33. The number of hydrazine groups is 1. The Bertz CT molecular complexity index is 956. The van der Waals surface area contributed by atoms with Gasteiger partial charge in [-0.1, -0.05) is 11.6 Å². The lowest BCUT2D eigenvalue weighted by molar-refractivity contribution is -0.122. The Morgan fingerprint density at radius 1 is 0.964 bits per heavy atom. The summed E-state index contributed by atoms with van der Waals surface area (Å²) >= 11 is 0. The van der Waals surface area contributed by atoms with Gasteiger partial charge in [0.2, 0.25) is 5.91 Å². The number of aryl methyl sites for hydroxylation is 1. The molecule has 0 saturated heterocycles. The average Bonchev–Trinajstić information content (AvgIpc) is 2.91. The van der Waals surface area contributed by atoms with Crippen LogP contribution in [0.1, 0.15) is 49.5 Å². The van der Waals surface area contributed by atoms with Crippen LogP contribution in [0.3, 0.4) is 0 Å². The van der Waals surface area contributed by atoms with Gasteiger partial charge in [0.15, 0.2) is 0 Å². The average molecular weight is 383 g/mol. The van der Waals surface area contributed by atoms with Gasteiger partial charge in [0.1, 0.15) is 5.82 Å². The lowest BCUT2D eigenvalue weighted by atomic mass is 10.1. The van der Waals surface area contributed by atoms with Crippen LogP contribution in [0.25, 0.3) is 0 Å². The van der Waals surface area contributed by atoms with E-state index in [1.165, 1.54) is 12.1 Å². The summed E-state index contributed by atoms with van der Waals surface area (Å²) in [6, 6.07) is 9.93. The summed E-state index contributed by atoms with van der Waals surface area (Å²) in [5.74, 6) is -2.25. The van der Waals surface area contributed by atoms with E-state index < -0.39 is 17.6 Å². The zero-order valence-corrected chi connectivity index (χ0v) is 15.1. The Hall–Kier alpha value is -3.55. The number of amides is 4. The topological polar surface area (TPSA) is 95.6 Å². The number of rotatable bonds is 5. The van der Waals surface area contributed by atoms with Crippen molar-refractivity contribution in [2.45, 2.75) is 19.8 Å². The summed E-state index contributed by atoms with van der Waals surface area (Å²) in [5.41, 5.74) is 6.30. The molecule has 144 valence electrons. The molecule has 0 fully saturated rings. The Balaban J connectivity index is 1.46. The fraction of sp³-hybridized carbons (Fsp3) is 0.200. The largest absolute Gasteiger partial charge is 0.274 e. The minimum atomic E-state index is -0.580. The van der Waals surface area contributed by atoms with Crippen molar-refractivity contribution in [2.75, 3.05) is 6.54 Å². The van der Waals surface area contributed by atoms with Crippen LogP contribution in [0.4, 0.5) is 4.39 Å². The molecule has 0 bridgehead atoms. The quantitative estimate of drug-likeness (QED) is 0.610. The first-order chi connectivity index (χ1) is 13.4. The van der Waals surface area contributed by atoms with Gasteiger partial charge >= 0.3 is 0 Å². The van der Waals surface area contributed by atoms with Crippen molar-refractivity contribution in [3.8, 4) is 0 Å². The van der Waals surface area contributed by atoms with E-state index in [-0.39, 0.29) is 36.8 Å². The molecule has 28 heavy (non-hydrogen) atoms. The van der Waals surface area contributed by atoms with Crippen molar-refractivity contribution in [1.82, 2.24) is 15.8 Å². The van der Waals surface area contributed by atoms with Crippen LogP contribution in [-0.2, 0) is 4.79 Å². The molecule has 7 nitrogen and oxygen atoms in total. The molecule has 8 heteroatoms. The number of benzene rings is 2. The van der Waals surface area contributed by atoms with E-state index in [2.05, 4.69) is 10.9 Å². The monoisotopic (exact) mass is 383 g/mol. The highest BCUT2D eigenvalue weighted by Gasteiger charge is 2.34. The van der Waals surface area contributed by atoms with Gasteiger partial charge in [-0.15, -0.1) is 0 Å². The molecule has 0 atom stereocenters. The molecule has 2 aromatic carbocycles. The summed E-state index contributed by atoms with van der Waals surface area (Å²) in [4.78, 5) is 49.5. The second-order valence-electron chi connectivity index (χ2n) is 6.42. The summed E-state index contributed by atoms with van der Waals surface area (Å²) in [6.07, 6.45) is 0.263. The third-order valence-corrected chi connectivity index (χ3v) is 4.33. The second kappa shape index (κ2) is 7.99. The van der Waals surface area contributed by atoms with Crippen molar-refractivity contribution >= 4 is 23.6 Å². The lowest BCUT2D eigenvalue weighted by Gasteiger charge is -2.13. The van der Waals surface area contributed by atoms with E-state index in [4.69, 9.17) is 0 Å². The molecule has 4 amide bonds. The Kier molecular flexibility index (Phi) is 5.49. The third kappa shape index (κ3) is 4.06. The standard InChI is InChI=1S/C20H18FN3O4/c1-12-4-9-15-16(11-12)20(28)24(19(15)27)10-2-3-17(25)22-23-18(26)13-5-7-14(21)8-6-13/h4-9,11H,2-3,10H2,1H3,(H,22,25)(H,23,26). The molecular weight excluding hydrogens is 365 g/mol. The lowest BCUT2D eigenvalue weighted by Crippen LogP contribution is -2.42. The zero-order chi connectivity index (χ0) is 20.3. The molecule has 0 aliphatic carbocycles.